The molecule has 4 N–H and O–H groups in total. The van der Waals surface area contributed by atoms with Gasteiger partial charge < -0.3 is 19.9 Å². The average molecular weight is 737 g/mol. The molecule has 5 rings (SSSR count). The van der Waals surface area contributed by atoms with Gasteiger partial charge >= 0.3 is 12.1 Å². The second-order valence-corrected chi connectivity index (χ2v) is 13.6. The monoisotopic (exact) mass is 736 g/mol. The Morgan fingerprint density at radius 3 is 2.28 bits per heavy atom. The number of rotatable bonds is 15. The molecule has 0 saturated carbocycles. The zero-order chi connectivity index (χ0) is 36.1. The summed E-state index contributed by atoms with van der Waals surface area (Å²) in [6.07, 6.45) is -3.44. The number of primary sulfonamides is 1. The summed E-state index contributed by atoms with van der Waals surface area (Å²) in [5, 5.41) is 25.6. The topological polar surface area (TPSA) is 189 Å². The third-order valence-electron chi connectivity index (χ3n) is 7.18. The van der Waals surface area contributed by atoms with Crippen molar-refractivity contribution in [2.45, 2.75) is 42.0 Å². The molecule has 0 fully saturated rings. The van der Waals surface area contributed by atoms with Crippen molar-refractivity contribution in [3.8, 4) is 11.5 Å². The summed E-state index contributed by atoms with van der Waals surface area (Å²) in [6, 6.07) is 12.4. The Balaban J connectivity index is 1.34. The highest BCUT2D eigenvalue weighted by Gasteiger charge is 2.31. The van der Waals surface area contributed by atoms with Crippen molar-refractivity contribution in [1.29, 1.82) is 0 Å². The first-order valence-corrected chi connectivity index (χ1v) is 17.0. The highest BCUT2D eigenvalue weighted by atomic mass is 32.2. The first-order chi connectivity index (χ1) is 23.7. The summed E-state index contributed by atoms with van der Waals surface area (Å²) in [5.74, 6) is -1.42. The average Bonchev–Trinajstić information content (AvgIpc) is 3.72. The molecule has 0 radical (unpaired) electrons. The largest absolute Gasteiger partial charge is 0.491 e. The fourth-order valence-electron chi connectivity index (χ4n) is 4.73. The molecule has 0 aliphatic rings. The molecule has 19 heteroatoms. The minimum absolute atomic E-state index is 0.0000699. The van der Waals surface area contributed by atoms with Gasteiger partial charge in [-0.15, -0.1) is 16.4 Å². The fourth-order valence-corrected chi connectivity index (χ4v) is 6.41. The van der Waals surface area contributed by atoms with Crippen molar-refractivity contribution >= 4 is 43.5 Å². The van der Waals surface area contributed by atoms with E-state index in [1.807, 2.05) is 0 Å². The van der Waals surface area contributed by atoms with E-state index in [9.17, 15) is 40.7 Å². The van der Waals surface area contributed by atoms with Crippen molar-refractivity contribution in [2.75, 3.05) is 13.3 Å². The second-order valence-electron chi connectivity index (χ2n) is 10.8. The maximum atomic E-state index is 13.7. The van der Waals surface area contributed by atoms with E-state index < -0.39 is 52.4 Å². The molecule has 2 unspecified atom stereocenters. The van der Waals surface area contributed by atoms with Gasteiger partial charge in [-0.2, -0.15) is 13.2 Å². The number of thiazole rings is 1. The van der Waals surface area contributed by atoms with Crippen LogP contribution >= 0.6 is 11.3 Å². The molecular weight excluding hydrogens is 709 g/mol. The number of hydrogen-bond donors (Lipinski definition) is 3. The molecule has 0 bridgehead atoms. The molecule has 13 nitrogen and oxygen atoms in total. The number of alkyl halides is 4. The third kappa shape index (κ3) is 9.30. The van der Waals surface area contributed by atoms with Crippen molar-refractivity contribution < 1.29 is 50.1 Å². The maximum absolute atomic E-state index is 13.7. The van der Waals surface area contributed by atoms with Crippen LogP contribution in [0, 0.1) is 0 Å². The standard InChI is InChI=1S/C31H28F4N6O7S2/c32-11-12-47-22-7-3-19(4-8-22)14-26(28(42)37-25(29(43)44)13-18-1-5-20(6-2-18)31(33,34)35)41-16-21(39-40-41)17-48-23-9-10-24-27(15-23)49-30(38-24)50(36,45)46/h1-10,15-16,25-26H,11-14,17H2,(H,37,42)(H,43,44)(H2,36,45,46). The summed E-state index contributed by atoms with van der Waals surface area (Å²) < 4.78 is 87.4. The quantitative estimate of drug-likeness (QED) is 0.132. The lowest BCUT2D eigenvalue weighted by molar-refractivity contribution is -0.142. The molecule has 2 atom stereocenters. The van der Waals surface area contributed by atoms with Gasteiger partial charge in [0, 0.05) is 12.8 Å². The van der Waals surface area contributed by atoms with E-state index in [0.717, 1.165) is 35.6 Å². The highest BCUT2D eigenvalue weighted by Crippen LogP contribution is 2.30. The highest BCUT2D eigenvalue weighted by molar-refractivity contribution is 7.91. The number of nitrogens with two attached hydrogens (primary N) is 1. The number of nitrogens with zero attached hydrogens (tertiary/aromatic N) is 4. The third-order valence-corrected chi connectivity index (χ3v) is 9.52. The van der Waals surface area contributed by atoms with Gasteiger partial charge in [-0.1, -0.05) is 29.5 Å². The van der Waals surface area contributed by atoms with Gasteiger partial charge in [0.15, 0.2) is 0 Å². The van der Waals surface area contributed by atoms with Gasteiger partial charge in [-0.25, -0.2) is 32.4 Å². The number of hydrogen-bond acceptors (Lipinski definition) is 10. The van der Waals surface area contributed by atoms with E-state index in [-0.39, 0.29) is 41.7 Å². The molecule has 264 valence electrons. The Labute approximate surface area is 285 Å². The van der Waals surface area contributed by atoms with Crippen LogP contribution in [0.5, 0.6) is 11.5 Å². The number of carbonyl (C=O) groups excluding carboxylic acids is 1. The normalized spacial score (nSPS) is 13.1. The number of carbonyl (C=O) groups is 2. The Bertz CT molecular complexity index is 2070. The number of carboxylic acid groups (broad SMARTS) is 1. The number of aliphatic carboxylic acids is 1. The summed E-state index contributed by atoms with van der Waals surface area (Å²) >= 11 is 0.873. The number of ether oxygens (including phenoxy) is 2. The summed E-state index contributed by atoms with van der Waals surface area (Å²) in [7, 11) is -3.99. The molecule has 2 aromatic heterocycles. The van der Waals surface area contributed by atoms with Gasteiger partial charge in [0.05, 0.1) is 22.0 Å². The Morgan fingerprint density at radius 1 is 0.980 bits per heavy atom. The predicted molar refractivity (Wildman–Crippen MR) is 171 cm³/mol. The zero-order valence-electron chi connectivity index (χ0n) is 25.7. The van der Waals surface area contributed by atoms with Gasteiger partial charge in [0.2, 0.25) is 10.2 Å². The molecule has 2 heterocycles. The van der Waals surface area contributed by atoms with E-state index in [4.69, 9.17) is 14.6 Å². The molecule has 0 aliphatic carbocycles. The van der Waals surface area contributed by atoms with Crippen LogP contribution < -0.4 is 19.9 Å². The number of sulfonamides is 1. The predicted octanol–water partition coefficient (Wildman–Crippen LogP) is 4.08. The van der Waals surface area contributed by atoms with Crippen molar-refractivity contribution in [3.63, 3.8) is 0 Å². The van der Waals surface area contributed by atoms with Crippen molar-refractivity contribution in [1.82, 2.24) is 25.3 Å². The van der Waals surface area contributed by atoms with Gasteiger partial charge in [0.25, 0.3) is 10.0 Å². The maximum Gasteiger partial charge on any atom is 0.416 e. The SMILES string of the molecule is NS(=O)(=O)c1nc2ccc(OCc3cn(C(Cc4ccc(OCCF)cc4)C(=O)NC(Cc4ccc(C(F)(F)F)cc4)C(=O)O)nn3)cc2s1. The van der Waals surface area contributed by atoms with Crippen LogP contribution in [0.1, 0.15) is 28.4 Å². The van der Waals surface area contributed by atoms with E-state index >= 15 is 0 Å². The number of halogens is 4. The fraction of sp³-hybridized carbons (Fsp3) is 0.258. The minimum atomic E-state index is -4.57. The Morgan fingerprint density at radius 2 is 1.64 bits per heavy atom. The first kappa shape index (κ1) is 36.1. The molecule has 0 aliphatic heterocycles. The van der Waals surface area contributed by atoms with E-state index in [0.29, 0.717) is 27.3 Å². The molecule has 5 aromatic rings. The minimum Gasteiger partial charge on any atom is -0.491 e. The van der Waals surface area contributed by atoms with Gasteiger partial charge in [0.1, 0.15) is 49.2 Å². The summed E-state index contributed by atoms with van der Waals surface area (Å²) in [4.78, 5) is 29.8. The molecular formula is C31H28F4N6O7S2. The van der Waals surface area contributed by atoms with Gasteiger partial charge in [-0.3, -0.25) is 4.79 Å². The number of nitrogens with one attached hydrogen (secondary N) is 1. The molecule has 50 heavy (non-hydrogen) atoms. The molecule has 0 spiro atoms. The van der Waals surface area contributed by atoms with Crippen LogP contribution in [0.2, 0.25) is 0 Å². The van der Waals surface area contributed by atoms with Gasteiger partial charge in [-0.05, 0) is 53.6 Å². The first-order valence-electron chi connectivity index (χ1n) is 14.6. The number of amides is 1. The number of fused-ring (bicyclic) bond motifs is 1. The van der Waals surface area contributed by atoms with E-state index in [2.05, 4.69) is 20.6 Å². The van der Waals surface area contributed by atoms with Crippen LogP contribution in [0.25, 0.3) is 10.2 Å². The number of benzene rings is 3. The second kappa shape index (κ2) is 15.2. The Hall–Kier alpha value is -5.14. The van der Waals surface area contributed by atoms with Crippen LogP contribution in [0.4, 0.5) is 17.6 Å². The lowest BCUT2D eigenvalue weighted by Gasteiger charge is -2.21. The van der Waals surface area contributed by atoms with Crippen LogP contribution in [0.15, 0.2) is 77.3 Å². The number of aromatic nitrogens is 4. The number of carboxylic acids is 1. The van der Waals surface area contributed by atoms with Crippen LogP contribution in [0.3, 0.4) is 0 Å². The smallest absolute Gasteiger partial charge is 0.416 e. The van der Waals surface area contributed by atoms with Crippen molar-refractivity contribution in [2.24, 2.45) is 5.14 Å². The zero-order valence-corrected chi connectivity index (χ0v) is 27.3. The molecule has 0 saturated heterocycles. The van der Waals surface area contributed by atoms with Crippen LogP contribution in [-0.2, 0) is 45.2 Å². The lowest BCUT2D eigenvalue weighted by Crippen LogP contribution is -2.46. The summed E-state index contributed by atoms with van der Waals surface area (Å²) in [6.45, 7) is -0.940. The van der Waals surface area contributed by atoms with E-state index in [1.165, 1.54) is 10.9 Å². The van der Waals surface area contributed by atoms with Crippen molar-refractivity contribution in [3.05, 3.63) is 95.3 Å². The van der Waals surface area contributed by atoms with E-state index in [1.54, 1.807) is 42.5 Å². The molecule has 1 amide bonds. The lowest BCUT2D eigenvalue weighted by atomic mass is 10.0. The molecule has 3 aromatic carbocycles. The summed E-state index contributed by atoms with van der Waals surface area (Å²) in [5.41, 5.74) is 0.656. The van der Waals surface area contributed by atoms with Crippen LogP contribution in [-0.4, -0.2) is 64.7 Å². The Kier molecular flexibility index (Phi) is 11.0.